The number of aromatic nitrogens is 4. The predicted molar refractivity (Wildman–Crippen MR) is 152 cm³/mol. The monoisotopic (exact) mass is 623 g/mol. The fourth-order valence-corrected chi connectivity index (χ4v) is 5.02. The van der Waals surface area contributed by atoms with Crippen molar-refractivity contribution in [2.45, 2.75) is 32.4 Å². The van der Waals surface area contributed by atoms with E-state index in [2.05, 4.69) is 20.7 Å². The number of nitrogens with zero attached hydrogens (tertiary/aromatic N) is 6. The number of dihydropyridines is 1. The molecule has 3 N–H and O–H groups in total. The van der Waals surface area contributed by atoms with Crippen LogP contribution in [0.2, 0.25) is 10.0 Å². The maximum absolute atomic E-state index is 13.6. The molecule has 2 heterocycles. The number of hydrogen-bond donors (Lipinski definition) is 2. The van der Waals surface area contributed by atoms with Gasteiger partial charge in [-0.15, -0.1) is 10.2 Å². The minimum atomic E-state index is -1.05. The molecular weight excluding hydrogens is 595 g/mol. The number of tetrazole rings is 1. The topological polar surface area (TPSA) is 170 Å². The minimum Gasteiger partial charge on any atom is -0.466 e. The molecule has 0 saturated heterocycles. The molecule has 13 nitrogen and oxygen atoms in total. The third-order valence-corrected chi connectivity index (χ3v) is 7.58. The van der Waals surface area contributed by atoms with E-state index in [0.717, 1.165) is 0 Å². The van der Waals surface area contributed by atoms with Crippen LogP contribution >= 0.6 is 35.0 Å². The summed E-state index contributed by atoms with van der Waals surface area (Å²) in [7, 11) is 2.64. The van der Waals surface area contributed by atoms with Gasteiger partial charge in [-0.3, -0.25) is 0 Å². The van der Waals surface area contributed by atoms with Crippen LogP contribution in [0.1, 0.15) is 37.3 Å². The lowest BCUT2D eigenvalue weighted by atomic mass is 9.79. The van der Waals surface area contributed by atoms with Crippen molar-refractivity contribution < 1.29 is 28.4 Å². The number of nitriles is 1. The molecule has 1 aliphatic heterocycles. The lowest BCUT2D eigenvalue weighted by molar-refractivity contribution is -0.439. The van der Waals surface area contributed by atoms with Crippen LogP contribution in [0.15, 0.2) is 40.7 Å². The predicted octanol–water partition coefficient (Wildman–Crippen LogP) is 2.49. The van der Waals surface area contributed by atoms with E-state index >= 15 is 0 Å². The Kier molecular flexibility index (Phi) is 11.1. The molecule has 0 bridgehead atoms. The van der Waals surface area contributed by atoms with E-state index in [1.807, 2.05) is 6.19 Å². The van der Waals surface area contributed by atoms with Gasteiger partial charge in [0.05, 0.1) is 53.1 Å². The Balaban J connectivity index is 2.18. The van der Waals surface area contributed by atoms with Gasteiger partial charge in [0.15, 0.2) is 6.10 Å². The van der Waals surface area contributed by atoms with Crippen molar-refractivity contribution in [3.05, 3.63) is 62.2 Å². The average molecular weight is 625 g/mol. The van der Waals surface area contributed by atoms with Crippen molar-refractivity contribution in [2.24, 2.45) is 5.73 Å². The van der Waals surface area contributed by atoms with Crippen LogP contribution in [0.4, 0.5) is 0 Å². The summed E-state index contributed by atoms with van der Waals surface area (Å²) in [5.41, 5.74) is 6.99. The summed E-state index contributed by atoms with van der Waals surface area (Å²) in [6, 6.07) is 4.91. The van der Waals surface area contributed by atoms with Crippen LogP contribution in [-0.4, -0.2) is 75.5 Å². The molecule has 0 amide bonds. The smallest absolute Gasteiger partial charge is 0.370 e. The lowest BCUT2D eigenvalue weighted by Crippen LogP contribution is -2.36. The summed E-state index contributed by atoms with van der Waals surface area (Å²) in [5.74, 6) is -2.34. The molecule has 1 aromatic heterocycles. The number of esters is 2. The van der Waals surface area contributed by atoms with E-state index in [0.29, 0.717) is 16.4 Å². The molecular formula is C25H29Cl2N8O5S+. The SMILES string of the molecule is CCOC(=O)C1=C(C(OC)c2nnn(CC[N+](C#N)=C(N)SC)n2)NC(C)=C(C(=O)OC)C1c1cccc(Cl)c1Cl. The van der Waals surface area contributed by atoms with Crippen LogP contribution in [0.25, 0.3) is 0 Å². The summed E-state index contributed by atoms with van der Waals surface area (Å²) >= 11 is 14.2. The van der Waals surface area contributed by atoms with E-state index in [9.17, 15) is 14.9 Å². The van der Waals surface area contributed by atoms with Crippen LogP contribution < -0.4 is 11.1 Å². The number of carbonyl (C=O) groups excluding carboxylic acids is 2. The van der Waals surface area contributed by atoms with E-state index < -0.39 is 24.0 Å². The first kappa shape index (κ1) is 31.9. The van der Waals surface area contributed by atoms with Crippen LogP contribution in [0, 0.1) is 11.5 Å². The molecule has 0 saturated carbocycles. The maximum Gasteiger partial charge on any atom is 0.370 e. The number of nitrogens with one attached hydrogen (secondary N) is 1. The first-order valence-corrected chi connectivity index (χ1v) is 14.2. The number of methoxy groups -OCH3 is 2. The Morgan fingerprint density at radius 1 is 1.29 bits per heavy atom. The second kappa shape index (κ2) is 14.3. The van der Waals surface area contributed by atoms with Gasteiger partial charge in [-0.25, -0.2) is 9.59 Å². The number of halogens is 2. The van der Waals surface area contributed by atoms with Gasteiger partial charge in [-0.05, 0) is 36.9 Å². The van der Waals surface area contributed by atoms with Gasteiger partial charge in [0.25, 0.3) is 5.17 Å². The van der Waals surface area contributed by atoms with Crippen LogP contribution in [0.3, 0.4) is 0 Å². The highest BCUT2D eigenvalue weighted by Gasteiger charge is 2.43. The number of nitrogens with two attached hydrogens (primary N) is 1. The first-order chi connectivity index (χ1) is 19.6. The molecule has 3 rings (SSSR count). The van der Waals surface area contributed by atoms with E-state index in [-0.39, 0.29) is 52.4 Å². The number of rotatable bonds is 10. The van der Waals surface area contributed by atoms with Gasteiger partial charge in [0.1, 0.15) is 6.54 Å². The molecule has 1 aromatic carbocycles. The highest BCUT2D eigenvalue weighted by Crippen LogP contribution is 2.45. The molecule has 2 aromatic rings. The van der Waals surface area contributed by atoms with Gasteiger partial charge in [-0.2, -0.15) is 9.37 Å². The summed E-state index contributed by atoms with van der Waals surface area (Å²) in [6.45, 7) is 3.75. The highest BCUT2D eigenvalue weighted by molar-refractivity contribution is 8.12. The Morgan fingerprint density at radius 2 is 2.02 bits per heavy atom. The molecule has 0 spiro atoms. The van der Waals surface area contributed by atoms with Crippen molar-refractivity contribution in [1.82, 2.24) is 25.5 Å². The largest absolute Gasteiger partial charge is 0.466 e. The van der Waals surface area contributed by atoms with Crippen molar-refractivity contribution >= 4 is 52.1 Å². The number of hydrogen-bond acceptors (Lipinski definition) is 11. The number of benzene rings is 1. The van der Waals surface area contributed by atoms with Crippen molar-refractivity contribution in [1.29, 1.82) is 5.26 Å². The number of ether oxygens (including phenoxy) is 3. The molecule has 41 heavy (non-hydrogen) atoms. The van der Waals surface area contributed by atoms with Gasteiger partial charge >= 0.3 is 18.1 Å². The molecule has 0 aliphatic carbocycles. The number of thioether (sulfide) groups is 1. The average Bonchev–Trinajstić information content (AvgIpc) is 3.42. The quantitative estimate of drug-likeness (QED) is 0.0990. The third kappa shape index (κ3) is 6.82. The van der Waals surface area contributed by atoms with E-state index in [4.69, 9.17) is 43.1 Å². The fraction of sp³-hybridized carbons (Fsp3) is 0.400. The maximum atomic E-state index is 13.6. The molecule has 218 valence electrons. The number of amidine groups is 1. The minimum absolute atomic E-state index is 0.0308. The number of allylic oxidation sites excluding steroid dienone is 1. The zero-order chi connectivity index (χ0) is 30.3. The Labute approximate surface area is 250 Å². The molecule has 2 atom stereocenters. The second-order valence-corrected chi connectivity index (χ2v) is 10.0. The Hall–Kier alpha value is -3.64. The molecule has 16 heteroatoms. The fourth-order valence-electron chi connectivity index (χ4n) is 4.25. The third-order valence-electron chi connectivity index (χ3n) is 6.11. The Morgan fingerprint density at radius 3 is 2.63 bits per heavy atom. The van der Waals surface area contributed by atoms with Crippen LogP contribution in [0.5, 0.6) is 0 Å². The van der Waals surface area contributed by atoms with E-state index in [1.165, 1.54) is 35.4 Å². The van der Waals surface area contributed by atoms with Gasteiger partial charge in [0, 0.05) is 18.1 Å². The van der Waals surface area contributed by atoms with E-state index in [1.54, 1.807) is 38.3 Å². The Bertz CT molecular complexity index is 1470. The zero-order valence-corrected chi connectivity index (χ0v) is 25.3. The van der Waals surface area contributed by atoms with Gasteiger partial charge in [-0.1, -0.05) is 47.1 Å². The van der Waals surface area contributed by atoms with Crippen molar-refractivity contribution in [2.75, 3.05) is 33.6 Å². The summed E-state index contributed by atoms with van der Waals surface area (Å²) < 4.78 is 17.5. The molecule has 1 aliphatic rings. The van der Waals surface area contributed by atoms with Gasteiger partial charge in [0.2, 0.25) is 5.82 Å². The van der Waals surface area contributed by atoms with Crippen molar-refractivity contribution in [3.8, 4) is 6.19 Å². The molecule has 2 unspecified atom stereocenters. The number of carbonyl (C=O) groups is 2. The molecule has 0 radical (unpaired) electrons. The second-order valence-electron chi connectivity index (χ2n) is 8.43. The standard InChI is InChI=1S/C25H28Cl2N8O5S/c1-6-40-24(37)18-17(14-8-7-9-15(26)19(14)27)16(23(36)39-4)13(2)30-20(18)21(38-3)22-31-33-35(32-22)11-10-34(12-28)25(29)41-5/h7-9,17,21,29H,6,10-11H2,1-5H3,(H,30,36,37)/p+1. The first-order valence-electron chi connectivity index (χ1n) is 12.2. The van der Waals surface area contributed by atoms with Crippen LogP contribution in [-0.2, 0) is 30.3 Å². The molecule has 0 fully saturated rings. The van der Waals surface area contributed by atoms with Crippen molar-refractivity contribution in [3.63, 3.8) is 0 Å². The normalized spacial score (nSPS) is 16.5. The summed E-state index contributed by atoms with van der Waals surface area (Å²) in [6.07, 6.45) is 2.71. The lowest BCUT2D eigenvalue weighted by Gasteiger charge is -2.33. The van der Waals surface area contributed by atoms with Gasteiger partial charge < -0.3 is 25.3 Å². The zero-order valence-electron chi connectivity index (χ0n) is 23.0. The summed E-state index contributed by atoms with van der Waals surface area (Å²) in [5, 5.41) is 25.8. The summed E-state index contributed by atoms with van der Waals surface area (Å²) in [4.78, 5) is 27.9. The highest BCUT2D eigenvalue weighted by atomic mass is 35.5.